The highest BCUT2D eigenvalue weighted by Gasteiger charge is 2.43. The first-order valence-corrected chi connectivity index (χ1v) is 11.4. The molecule has 0 spiro atoms. The van der Waals surface area contributed by atoms with Gasteiger partial charge in [-0.1, -0.05) is 48.0 Å². The van der Waals surface area contributed by atoms with E-state index in [4.69, 9.17) is 4.74 Å². The number of ether oxygens (including phenoxy) is 1. The van der Waals surface area contributed by atoms with Gasteiger partial charge in [-0.2, -0.15) is 4.31 Å². The molecule has 1 aliphatic rings. The number of hydrogen-bond acceptors (Lipinski definition) is 6. The van der Waals surface area contributed by atoms with Crippen molar-refractivity contribution in [1.82, 2.24) is 9.37 Å². The number of hydroxylamine groups is 2. The van der Waals surface area contributed by atoms with E-state index in [1.54, 1.807) is 36.4 Å². The van der Waals surface area contributed by atoms with Gasteiger partial charge in [0.25, 0.3) is 5.91 Å². The first-order chi connectivity index (χ1) is 14.8. The van der Waals surface area contributed by atoms with Gasteiger partial charge in [-0.15, -0.1) is 0 Å². The molecule has 0 bridgehead atoms. The maximum Gasteiger partial charge on any atom is 0.331 e. The molecule has 0 radical (unpaired) electrons. The van der Waals surface area contributed by atoms with E-state index in [0.29, 0.717) is 11.5 Å². The minimum atomic E-state index is -3.94. The number of carbonyl (C=O) groups excluding carboxylic acids is 2. The lowest BCUT2D eigenvalue weighted by atomic mass is 10.0. The van der Waals surface area contributed by atoms with Crippen molar-refractivity contribution in [2.75, 3.05) is 13.7 Å². The third-order valence-corrected chi connectivity index (χ3v) is 7.30. The summed E-state index contributed by atoms with van der Waals surface area (Å²) in [7, 11) is -2.77. The lowest BCUT2D eigenvalue weighted by Crippen LogP contribution is -2.52. The average Bonchev–Trinajstić information content (AvgIpc) is 3.28. The van der Waals surface area contributed by atoms with Gasteiger partial charge in [0.05, 0.1) is 12.0 Å². The summed E-state index contributed by atoms with van der Waals surface area (Å²) < 4.78 is 32.1. The average molecular weight is 447 g/mol. The number of nitrogens with zero attached hydrogens (tertiary/aromatic N) is 2. The molecule has 1 fully saturated rings. The van der Waals surface area contributed by atoms with Gasteiger partial charge in [-0.25, -0.2) is 18.3 Å². The summed E-state index contributed by atoms with van der Waals surface area (Å²) in [6.07, 6.45) is 0.754. The van der Waals surface area contributed by atoms with E-state index in [2.05, 4.69) is 0 Å². The van der Waals surface area contributed by atoms with Gasteiger partial charge in [0.1, 0.15) is 6.04 Å². The molecule has 3 rings (SSSR count). The second kappa shape index (κ2) is 9.59. The molecule has 1 heterocycles. The summed E-state index contributed by atoms with van der Waals surface area (Å²) in [5.41, 5.74) is 1.64. The van der Waals surface area contributed by atoms with Crippen LogP contribution in [0.4, 0.5) is 0 Å². The Bertz CT molecular complexity index is 1020. The molecule has 1 aliphatic heterocycles. The SMILES string of the molecule is COC(=O)[C@H](Cc1ccccc1)N(O)C(=O)[C@@H]1CCCN1S(=O)(=O)c1ccc(C)cc1. The van der Waals surface area contributed by atoms with Gasteiger partial charge in [0.2, 0.25) is 10.0 Å². The zero-order chi connectivity index (χ0) is 22.6. The van der Waals surface area contributed by atoms with E-state index in [9.17, 15) is 23.2 Å². The molecule has 2 aromatic carbocycles. The molecule has 1 N–H and O–H groups in total. The largest absolute Gasteiger partial charge is 0.467 e. The van der Waals surface area contributed by atoms with Crippen LogP contribution < -0.4 is 0 Å². The molecule has 31 heavy (non-hydrogen) atoms. The van der Waals surface area contributed by atoms with Crippen LogP contribution in [0.5, 0.6) is 0 Å². The second-order valence-electron chi connectivity index (χ2n) is 7.50. The second-order valence-corrected chi connectivity index (χ2v) is 9.39. The number of rotatable bonds is 7. The first-order valence-electron chi connectivity index (χ1n) is 9.98. The Morgan fingerprint density at radius 3 is 2.42 bits per heavy atom. The number of aryl methyl sites for hydroxylation is 1. The minimum Gasteiger partial charge on any atom is -0.467 e. The lowest BCUT2D eigenvalue weighted by molar-refractivity contribution is -0.189. The maximum absolute atomic E-state index is 13.1. The minimum absolute atomic E-state index is 0.0349. The fourth-order valence-electron chi connectivity index (χ4n) is 3.67. The van der Waals surface area contributed by atoms with Gasteiger partial charge in [-0.3, -0.25) is 10.0 Å². The van der Waals surface area contributed by atoms with Crippen molar-refractivity contribution < 1.29 is 28.0 Å². The molecule has 8 nitrogen and oxygen atoms in total. The van der Waals surface area contributed by atoms with E-state index in [1.165, 1.54) is 19.2 Å². The molecule has 2 atom stereocenters. The Kier molecular flexibility index (Phi) is 7.09. The molecule has 0 saturated carbocycles. The zero-order valence-corrected chi connectivity index (χ0v) is 18.3. The van der Waals surface area contributed by atoms with Crippen LogP contribution in [-0.2, 0) is 30.8 Å². The monoisotopic (exact) mass is 446 g/mol. The van der Waals surface area contributed by atoms with Gasteiger partial charge in [-0.05, 0) is 37.5 Å². The van der Waals surface area contributed by atoms with Crippen molar-refractivity contribution in [3.63, 3.8) is 0 Å². The van der Waals surface area contributed by atoms with E-state index in [0.717, 1.165) is 15.4 Å². The Balaban J connectivity index is 1.84. The van der Waals surface area contributed by atoms with Crippen molar-refractivity contribution in [2.45, 2.75) is 43.2 Å². The van der Waals surface area contributed by atoms with Crippen LogP contribution in [0, 0.1) is 6.92 Å². The highest BCUT2D eigenvalue weighted by Crippen LogP contribution is 2.28. The highest BCUT2D eigenvalue weighted by molar-refractivity contribution is 7.89. The fraction of sp³-hybridized carbons (Fsp3) is 0.364. The number of esters is 1. The number of benzene rings is 2. The third kappa shape index (κ3) is 4.95. The number of carbonyl (C=O) groups is 2. The molecule has 166 valence electrons. The zero-order valence-electron chi connectivity index (χ0n) is 17.5. The number of sulfonamides is 1. The van der Waals surface area contributed by atoms with Crippen LogP contribution in [0.25, 0.3) is 0 Å². The Hall–Kier alpha value is -2.75. The van der Waals surface area contributed by atoms with Crippen LogP contribution in [0.1, 0.15) is 24.0 Å². The standard InChI is InChI=1S/C22H26N2O6S/c1-16-10-12-18(13-11-16)31(28,29)23-14-6-9-19(23)21(25)24(27)20(22(26)30-2)15-17-7-4-3-5-8-17/h3-5,7-8,10-13,19-20,27H,6,9,14-15H2,1-2H3/t19-,20-/m0/s1. The molecular formula is C22H26N2O6S. The first kappa shape index (κ1) is 22.9. The van der Waals surface area contributed by atoms with Gasteiger partial charge in [0, 0.05) is 13.0 Å². The van der Waals surface area contributed by atoms with E-state index >= 15 is 0 Å². The van der Waals surface area contributed by atoms with E-state index in [-0.39, 0.29) is 24.3 Å². The van der Waals surface area contributed by atoms with Crippen LogP contribution in [-0.4, -0.2) is 60.6 Å². The fourth-order valence-corrected chi connectivity index (χ4v) is 5.32. The highest BCUT2D eigenvalue weighted by atomic mass is 32.2. The van der Waals surface area contributed by atoms with Crippen LogP contribution in [0.2, 0.25) is 0 Å². The summed E-state index contributed by atoms with van der Waals surface area (Å²) >= 11 is 0. The maximum atomic E-state index is 13.1. The Morgan fingerprint density at radius 1 is 1.16 bits per heavy atom. The summed E-state index contributed by atoms with van der Waals surface area (Å²) in [5, 5.41) is 11.0. The van der Waals surface area contributed by atoms with Crippen molar-refractivity contribution in [3.8, 4) is 0 Å². The Labute approximate surface area is 182 Å². The number of hydrogen-bond donors (Lipinski definition) is 1. The predicted octanol–water partition coefficient (Wildman–Crippen LogP) is 2.15. The summed E-state index contributed by atoms with van der Waals surface area (Å²) in [5.74, 6) is -1.63. The van der Waals surface area contributed by atoms with Crippen LogP contribution in [0.15, 0.2) is 59.5 Å². The van der Waals surface area contributed by atoms with Crippen LogP contribution >= 0.6 is 0 Å². The summed E-state index contributed by atoms with van der Waals surface area (Å²) in [4.78, 5) is 25.5. The quantitative estimate of drug-likeness (QED) is 0.397. The normalized spacial score (nSPS) is 17.8. The van der Waals surface area contributed by atoms with E-state index in [1.807, 2.05) is 13.0 Å². The molecule has 9 heteroatoms. The molecule has 1 amide bonds. The topological polar surface area (TPSA) is 104 Å². The van der Waals surface area contributed by atoms with Crippen molar-refractivity contribution in [2.24, 2.45) is 0 Å². The van der Waals surface area contributed by atoms with Gasteiger partial charge < -0.3 is 4.74 Å². The van der Waals surface area contributed by atoms with Crippen molar-refractivity contribution in [3.05, 3.63) is 65.7 Å². The van der Waals surface area contributed by atoms with Crippen molar-refractivity contribution >= 4 is 21.9 Å². The lowest BCUT2D eigenvalue weighted by Gasteiger charge is -2.29. The molecule has 0 aromatic heterocycles. The van der Waals surface area contributed by atoms with Gasteiger partial charge in [0.15, 0.2) is 6.04 Å². The Morgan fingerprint density at radius 2 is 1.81 bits per heavy atom. The molecule has 1 saturated heterocycles. The summed E-state index contributed by atoms with van der Waals surface area (Å²) in [6, 6.07) is 12.9. The van der Waals surface area contributed by atoms with Gasteiger partial charge >= 0.3 is 5.97 Å². The van der Waals surface area contributed by atoms with E-state index < -0.39 is 34.0 Å². The van der Waals surface area contributed by atoms with Crippen LogP contribution in [0.3, 0.4) is 0 Å². The molecule has 0 aliphatic carbocycles. The molecule has 2 aromatic rings. The van der Waals surface area contributed by atoms with Crippen molar-refractivity contribution in [1.29, 1.82) is 0 Å². The smallest absolute Gasteiger partial charge is 0.331 e. The molecular weight excluding hydrogens is 420 g/mol. The number of methoxy groups -OCH3 is 1. The number of amides is 1. The third-order valence-electron chi connectivity index (χ3n) is 5.38. The summed E-state index contributed by atoms with van der Waals surface area (Å²) in [6.45, 7) is 2.00. The molecule has 0 unspecified atom stereocenters. The predicted molar refractivity (Wildman–Crippen MR) is 113 cm³/mol.